The molecule has 21 heavy (non-hydrogen) atoms. The number of nitrogens with zero attached hydrogens (tertiary/aromatic N) is 1. The SMILES string of the molecule is Cc1ccc(-c2ccc(NC(C)C)nc2)c(C(C)(C)C)c1. The third-order valence-corrected chi connectivity index (χ3v) is 3.49. The molecule has 0 unspecified atom stereocenters. The van der Waals surface area contributed by atoms with E-state index in [9.17, 15) is 0 Å². The van der Waals surface area contributed by atoms with Crippen LogP contribution in [0.4, 0.5) is 5.82 Å². The van der Waals surface area contributed by atoms with Gasteiger partial charge in [-0.15, -0.1) is 0 Å². The highest BCUT2D eigenvalue weighted by molar-refractivity contribution is 5.69. The van der Waals surface area contributed by atoms with Crippen LogP contribution in [0.5, 0.6) is 0 Å². The molecule has 112 valence electrons. The number of hydrogen-bond donors (Lipinski definition) is 1. The van der Waals surface area contributed by atoms with Crippen molar-refractivity contribution in [1.29, 1.82) is 0 Å². The van der Waals surface area contributed by atoms with Gasteiger partial charge in [0, 0.05) is 17.8 Å². The zero-order valence-electron chi connectivity index (χ0n) is 14.0. The van der Waals surface area contributed by atoms with Crippen LogP contribution in [-0.4, -0.2) is 11.0 Å². The summed E-state index contributed by atoms with van der Waals surface area (Å²) < 4.78 is 0. The number of aromatic nitrogens is 1. The maximum Gasteiger partial charge on any atom is 0.126 e. The Hall–Kier alpha value is -1.83. The number of benzene rings is 1. The van der Waals surface area contributed by atoms with Crippen molar-refractivity contribution in [2.75, 3.05) is 5.32 Å². The summed E-state index contributed by atoms with van der Waals surface area (Å²) >= 11 is 0. The zero-order valence-corrected chi connectivity index (χ0v) is 14.0. The highest BCUT2D eigenvalue weighted by Gasteiger charge is 2.19. The molecule has 1 aromatic heterocycles. The average molecular weight is 282 g/mol. The van der Waals surface area contributed by atoms with Gasteiger partial charge in [-0.25, -0.2) is 4.98 Å². The lowest BCUT2D eigenvalue weighted by molar-refractivity contribution is 0.591. The van der Waals surface area contributed by atoms with Gasteiger partial charge in [0.15, 0.2) is 0 Å². The molecule has 2 heteroatoms. The summed E-state index contributed by atoms with van der Waals surface area (Å²) in [5.74, 6) is 0.929. The summed E-state index contributed by atoms with van der Waals surface area (Å²) in [6.07, 6.45) is 1.96. The second-order valence-corrected chi connectivity index (χ2v) is 7.03. The van der Waals surface area contributed by atoms with E-state index in [-0.39, 0.29) is 5.41 Å². The first-order valence-corrected chi connectivity index (χ1v) is 7.61. The van der Waals surface area contributed by atoms with E-state index in [1.165, 1.54) is 22.3 Å². The van der Waals surface area contributed by atoms with Crippen molar-refractivity contribution in [3.63, 3.8) is 0 Å². The van der Waals surface area contributed by atoms with Gasteiger partial charge in [-0.3, -0.25) is 0 Å². The quantitative estimate of drug-likeness (QED) is 0.839. The van der Waals surface area contributed by atoms with E-state index in [1.807, 2.05) is 6.20 Å². The zero-order chi connectivity index (χ0) is 15.6. The largest absolute Gasteiger partial charge is 0.368 e. The molecule has 2 rings (SSSR count). The summed E-state index contributed by atoms with van der Waals surface area (Å²) in [7, 11) is 0. The molecule has 1 N–H and O–H groups in total. The summed E-state index contributed by atoms with van der Waals surface area (Å²) in [5.41, 5.74) is 5.24. The molecular formula is C19H26N2. The van der Waals surface area contributed by atoms with Crippen molar-refractivity contribution in [2.45, 2.75) is 53.0 Å². The Kier molecular flexibility index (Phi) is 4.36. The van der Waals surface area contributed by atoms with Gasteiger partial charge in [-0.2, -0.15) is 0 Å². The minimum Gasteiger partial charge on any atom is -0.368 e. The van der Waals surface area contributed by atoms with Crippen LogP contribution >= 0.6 is 0 Å². The van der Waals surface area contributed by atoms with Crippen LogP contribution in [-0.2, 0) is 5.41 Å². The van der Waals surface area contributed by atoms with Gasteiger partial charge >= 0.3 is 0 Å². The van der Waals surface area contributed by atoms with E-state index in [0.717, 1.165) is 5.82 Å². The third-order valence-electron chi connectivity index (χ3n) is 3.49. The maximum absolute atomic E-state index is 4.53. The molecule has 0 saturated heterocycles. The summed E-state index contributed by atoms with van der Waals surface area (Å²) in [4.78, 5) is 4.53. The second-order valence-electron chi connectivity index (χ2n) is 7.03. The van der Waals surface area contributed by atoms with E-state index in [4.69, 9.17) is 0 Å². The van der Waals surface area contributed by atoms with Crippen LogP contribution < -0.4 is 5.32 Å². The summed E-state index contributed by atoms with van der Waals surface area (Å²) in [6, 6.07) is 11.3. The lowest BCUT2D eigenvalue weighted by atomic mass is 9.81. The van der Waals surface area contributed by atoms with Gasteiger partial charge in [0.25, 0.3) is 0 Å². The standard InChI is InChI=1S/C19H26N2/c1-13(2)21-18-10-8-15(12-20-18)16-9-7-14(3)11-17(16)19(4,5)6/h7-13H,1-6H3,(H,20,21). The third kappa shape index (κ3) is 3.84. The Labute approximate surface area is 128 Å². The first-order chi connectivity index (χ1) is 9.77. The molecule has 0 spiro atoms. The fourth-order valence-electron chi connectivity index (χ4n) is 2.46. The molecule has 0 bridgehead atoms. The Bertz CT molecular complexity index is 604. The fraction of sp³-hybridized carbons (Fsp3) is 0.421. The average Bonchev–Trinajstić information content (AvgIpc) is 2.38. The van der Waals surface area contributed by atoms with Crippen molar-refractivity contribution < 1.29 is 0 Å². The van der Waals surface area contributed by atoms with Crippen molar-refractivity contribution in [1.82, 2.24) is 4.98 Å². The number of aryl methyl sites for hydroxylation is 1. The lowest BCUT2D eigenvalue weighted by Gasteiger charge is -2.24. The van der Waals surface area contributed by atoms with Gasteiger partial charge in [0.1, 0.15) is 5.82 Å². The van der Waals surface area contributed by atoms with E-state index in [1.54, 1.807) is 0 Å². The number of pyridine rings is 1. The van der Waals surface area contributed by atoms with Crippen LogP contribution in [0.2, 0.25) is 0 Å². The molecule has 2 aromatic rings. The van der Waals surface area contributed by atoms with E-state index >= 15 is 0 Å². The smallest absolute Gasteiger partial charge is 0.126 e. The molecule has 0 aliphatic heterocycles. The van der Waals surface area contributed by atoms with Crippen LogP contribution in [0.25, 0.3) is 11.1 Å². The van der Waals surface area contributed by atoms with E-state index < -0.39 is 0 Å². The number of hydrogen-bond acceptors (Lipinski definition) is 2. The van der Waals surface area contributed by atoms with Crippen LogP contribution in [0.1, 0.15) is 45.7 Å². The molecule has 1 heterocycles. The monoisotopic (exact) mass is 282 g/mol. The second kappa shape index (κ2) is 5.88. The molecule has 1 aromatic carbocycles. The minimum absolute atomic E-state index is 0.121. The normalized spacial score (nSPS) is 11.8. The highest BCUT2D eigenvalue weighted by atomic mass is 15.0. The molecule has 0 fully saturated rings. The first kappa shape index (κ1) is 15.6. The maximum atomic E-state index is 4.53. The van der Waals surface area contributed by atoms with Crippen LogP contribution in [0.3, 0.4) is 0 Å². The topological polar surface area (TPSA) is 24.9 Å². The van der Waals surface area contributed by atoms with Gasteiger partial charge in [-0.05, 0) is 49.4 Å². The van der Waals surface area contributed by atoms with Crippen LogP contribution in [0.15, 0.2) is 36.5 Å². The molecular weight excluding hydrogens is 256 g/mol. The highest BCUT2D eigenvalue weighted by Crippen LogP contribution is 2.33. The Morgan fingerprint density at radius 2 is 1.76 bits per heavy atom. The number of rotatable bonds is 3. The Morgan fingerprint density at radius 3 is 2.29 bits per heavy atom. The van der Waals surface area contributed by atoms with Gasteiger partial charge in [-0.1, -0.05) is 44.5 Å². The van der Waals surface area contributed by atoms with Crippen molar-refractivity contribution in [3.05, 3.63) is 47.7 Å². The molecule has 0 atom stereocenters. The first-order valence-electron chi connectivity index (χ1n) is 7.61. The van der Waals surface area contributed by atoms with Gasteiger partial charge < -0.3 is 5.32 Å². The van der Waals surface area contributed by atoms with Crippen molar-refractivity contribution >= 4 is 5.82 Å². The van der Waals surface area contributed by atoms with Gasteiger partial charge in [0.2, 0.25) is 0 Å². The molecule has 0 aliphatic carbocycles. The fourth-order valence-corrected chi connectivity index (χ4v) is 2.46. The molecule has 0 radical (unpaired) electrons. The Morgan fingerprint density at radius 1 is 1.05 bits per heavy atom. The number of nitrogens with one attached hydrogen (secondary N) is 1. The molecule has 2 nitrogen and oxygen atoms in total. The predicted molar refractivity (Wildman–Crippen MR) is 91.9 cm³/mol. The lowest BCUT2D eigenvalue weighted by Crippen LogP contribution is -2.13. The van der Waals surface area contributed by atoms with E-state index in [0.29, 0.717) is 6.04 Å². The molecule has 0 saturated carbocycles. The molecule has 0 amide bonds. The van der Waals surface area contributed by atoms with E-state index in [2.05, 4.69) is 82.2 Å². The minimum atomic E-state index is 0.121. The van der Waals surface area contributed by atoms with Crippen molar-refractivity contribution in [3.8, 4) is 11.1 Å². The van der Waals surface area contributed by atoms with Gasteiger partial charge in [0.05, 0.1) is 0 Å². The molecule has 0 aliphatic rings. The van der Waals surface area contributed by atoms with Crippen LogP contribution in [0, 0.1) is 6.92 Å². The summed E-state index contributed by atoms with van der Waals surface area (Å²) in [5, 5.41) is 3.33. The summed E-state index contributed by atoms with van der Waals surface area (Å²) in [6.45, 7) is 13.2. The number of anilines is 1. The predicted octanol–water partition coefficient (Wildman–Crippen LogP) is 5.17. The Balaban J connectivity index is 2.42. The van der Waals surface area contributed by atoms with Crippen molar-refractivity contribution in [2.24, 2.45) is 0 Å².